The minimum atomic E-state index is 0.328. The average Bonchev–Trinajstić information content (AvgIpc) is 2.67. The maximum atomic E-state index is 5.58. The molecule has 1 aliphatic rings. The molecule has 1 unspecified atom stereocenters. The van der Waals surface area contributed by atoms with E-state index in [2.05, 4.69) is 61.3 Å². The predicted molar refractivity (Wildman–Crippen MR) is 111 cm³/mol. The smallest absolute Gasteiger partial charge is 0.161 e. The fourth-order valence-corrected chi connectivity index (χ4v) is 3.61. The highest BCUT2D eigenvalue weighted by Gasteiger charge is 2.21. The number of nitrogens with zero attached hydrogens (tertiary/aromatic N) is 3. The van der Waals surface area contributed by atoms with Crippen molar-refractivity contribution in [3.63, 3.8) is 0 Å². The Kier molecular flexibility index (Phi) is 6.74. The van der Waals surface area contributed by atoms with Crippen molar-refractivity contribution in [2.75, 3.05) is 42.3 Å². The Labute approximate surface area is 160 Å². The summed E-state index contributed by atoms with van der Waals surface area (Å²) in [5.74, 6) is 3.80. The SMILES string of the molecule is CCNc1ccc(-c2nc(CSCC)cc(N3CCOCC3C)n2)cc1. The molecular formula is C20H28N4OS. The largest absolute Gasteiger partial charge is 0.385 e. The van der Waals surface area contributed by atoms with Gasteiger partial charge in [0.1, 0.15) is 5.82 Å². The molecule has 1 fully saturated rings. The first-order valence-corrected chi connectivity index (χ1v) is 10.5. The van der Waals surface area contributed by atoms with Crippen molar-refractivity contribution in [1.29, 1.82) is 0 Å². The van der Waals surface area contributed by atoms with Gasteiger partial charge in [-0.15, -0.1) is 0 Å². The summed E-state index contributed by atoms with van der Waals surface area (Å²) in [7, 11) is 0. The van der Waals surface area contributed by atoms with Gasteiger partial charge >= 0.3 is 0 Å². The second kappa shape index (κ2) is 9.24. The number of rotatable bonds is 7. The fraction of sp³-hybridized carbons (Fsp3) is 0.500. The lowest BCUT2D eigenvalue weighted by molar-refractivity contribution is 0.0985. The second-order valence-electron chi connectivity index (χ2n) is 6.40. The quantitative estimate of drug-likeness (QED) is 0.791. The van der Waals surface area contributed by atoms with Crippen LogP contribution in [0.3, 0.4) is 0 Å². The third-order valence-corrected chi connectivity index (χ3v) is 5.31. The zero-order chi connectivity index (χ0) is 18.4. The molecule has 1 aromatic heterocycles. The van der Waals surface area contributed by atoms with E-state index in [1.807, 2.05) is 11.8 Å². The zero-order valence-electron chi connectivity index (χ0n) is 15.9. The van der Waals surface area contributed by atoms with Crippen LogP contribution in [0.5, 0.6) is 0 Å². The molecule has 0 spiro atoms. The molecule has 1 N–H and O–H groups in total. The molecule has 0 aliphatic carbocycles. The number of anilines is 2. The van der Waals surface area contributed by atoms with Gasteiger partial charge in [-0.25, -0.2) is 9.97 Å². The van der Waals surface area contributed by atoms with Crippen molar-refractivity contribution in [3.05, 3.63) is 36.0 Å². The van der Waals surface area contributed by atoms with Crippen LogP contribution < -0.4 is 10.2 Å². The lowest BCUT2D eigenvalue weighted by Crippen LogP contribution is -2.44. The van der Waals surface area contributed by atoms with Gasteiger partial charge in [0.2, 0.25) is 0 Å². The summed E-state index contributed by atoms with van der Waals surface area (Å²) in [6, 6.07) is 10.8. The van der Waals surface area contributed by atoms with Gasteiger partial charge < -0.3 is 15.0 Å². The zero-order valence-corrected chi connectivity index (χ0v) is 16.7. The van der Waals surface area contributed by atoms with Crippen molar-refractivity contribution in [3.8, 4) is 11.4 Å². The molecule has 1 aromatic carbocycles. The van der Waals surface area contributed by atoms with Crippen LogP contribution in [0.25, 0.3) is 11.4 Å². The molecule has 0 saturated carbocycles. The summed E-state index contributed by atoms with van der Waals surface area (Å²) in [6.45, 7) is 9.75. The van der Waals surface area contributed by atoms with Gasteiger partial charge in [-0.2, -0.15) is 11.8 Å². The van der Waals surface area contributed by atoms with Gasteiger partial charge in [0.25, 0.3) is 0 Å². The summed E-state index contributed by atoms with van der Waals surface area (Å²) in [6.07, 6.45) is 0. The molecule has 2 heterocycles. The topological polar surface area (TPSA) is 50.3 Å². The summed E-state index contributed by atoms with van der Waals surface area (Å²) < 4.78 is 5.58. The molecule has 6 heteroatoms. The number of ether oxygens (including phenoxy) is 1. The summed E-state index contributed by atoms with van der Waals surface area (Å²) >= 11 is 1.89. The second-order valence-corrected chi connectivity index (χ2v) is 7.68. The normalized spacial score (nSPS) is 17.3. The van der Waals surface area contributed by atoms with E-state index < -0.39 is 0 Å². The Balaban J connectivity index is 1.93. The van der Waals surface area contributed by atoms with E-state index in [4.69, 9.17) is 14.7 Å². The molecule has 3 rings (SSSR count). The van der Waals surface area contributed by atoms with E-state index in [0.717, 1.165) is 66.4 Å². The van der Waals surface area contributed by atoms with E-state index in [1.165, 1.54) is 0 Å². The van der Waals surface area contributed by atoms with Gasteiger partial charge in [-0.05, 0) is 43.9 Å². The lowest BCUT2D eigenvalue weighted by atomic mass is 10.2. The van der Waals surface area contributed by atoms with Crippen molar-refractivity contribution < 1.29 is 4.74 Å². The van der Waals surface area contributed by atoms with E-state index in [0.29, 0.717) is 6.04 Å². The number of benzene rings is 1. The third kappa shape index (κ3) is 4.68. The molecule has 0 bridgehead atoms. The van der Waals surface area contributed by atoms with Gasteiger partial charge in [-0.3, -0.25) is 0 Å². The monoisotopic (exact) mass is 372 g/mol. The van der Waals surface area contributed by atoms with Gasteiger partial charge in [0.05, 0.1) is 24.9 Å². The van der Waals surface area contributed by atoms with Gasteiger partial charge in [0, 0.05) is 36.2 Å². The van der Waals surface area contributed by atoms with Crippen LogP contribution in [0.15, 0.2) is 30.3 Å². The average molecular weight is 373 g/mol. The number of morpholine rings is 1. The molecule has 140 valence electrons. The van der Waals surface area contributed by atoms with E-state index in [1.54, 1.807) is 0 Å². The van der Waals surface area contributed by atoms with E-state index in [-0.39, 0.29) is 0 Å². The lowest BCUT2D eigenvalue weighted by Gasteiger charge is -2.34. The highest BCUT2D eigenvalue weighted by Crippen LogP contribution is 2.25. The molecule has 1 aliphatic heterocycles. The minimum Gasteiger partial charge on any atom is -0.385 e. The maximum absolute atomic E-state index is 5.58. The van der Waals surface area contributed by atoms with Crippen LogP contribution in [-0.4, -0.2) is 48.1 Å². The number of hydrogen-bond acceptors (Lipinski definition) is 6. The summed E-state index contributed by atoms with van der Waals surface area (Å²) in [5, 5.41) is 3.33. The van der Waals surface area contributed by atoms with Gasteiger partial charge in [-0.1, -0.05) is 6.92 Å². The molecular weight excluding hydrogens is 344 g/mol. The maximum Gasteiger partial charge on any atom is 0.161 e. The van der Waals surface area contributed by atoms with Crippen LogP contribution >= 0.6 is 11.8 Å². The van der Waals surface area contributed by atoms with Crippen LogP contribution in [0, 0.1) is 0 Å². The minimum absolute atomic E-state index is 0.328. The number of nitrogens with one attached hydrogen (secondary N) is 1. The highest BCUT2D eigenvalue weighted by molar-refractivity contribution is 7.98. The van der Waals surface area contributed by atoms with Crippen molar-refractivity contribution in [2.45, 2.75) is 32.6 Å². The first-order valence-electron chi connectivity index (χ1n) is 9.35. The number of thioether (sulfide) groups is 1. The van der Waals surface area contributed by atoms with E-state index in [9.17, 15) is 0 Å². The molecule has 0 amide bonds. The molecule has 1 atom stereocenters. The Morgan fingerprint density at radius 3 is 2.73 bits per heavy atom. The summed E-state index contributed by atoms with van der Waals surface area (Å²) in [4.78, 5) is 12.1. The molecule has 2 aromatic rings. The number of hydrogen-bond donors (Lipinski definition) is 1. The van der Waals surface area contributed by atoms with Crippen LogP contribution in [0.2, 0.25) is 0 Å². The molecule has 0 radical (unpaired) electrons. The van der Waals surface area contributed by atoms with Crippen LogP contribution in [-0.2, 0) is 10.5 Å². The predicted octanol–water partition coefficient (Wildman–Crippen LogP) is 4.05. The molecule has 26 heavy (non-hydrogen) atoms. The highest BCUT2D eigenvalue weighted by atomic mass is 32.2. The first kappa shape index (κ1) is 19.0. The Morgan fingerprint density at radius 1 is 1.23 bits per heavy atom. The molecule has 5 nitrogen and oxygen atoms in total. The van der Waals surface area contributed by atoms with Crippen molar-refractivity contribution >= 4 is 23.3 Å². The van der Waals surface area contributed by atoms with Crippen LogP contribution in [0.4, 0.5) is 11.5 Å². The standard InChI is InChI=1S/C20H28N4OS/c1-4-21-17-8-6-16(7-9-17)20-22-18(14-26-5-2)12-19(23-20)24-10-11-25-13-15(24)3/h6-9,12,15,21H,4-5,10-11,13-14H2,1-3H3. The summed E-state index contributed by atoms with van der Waals surface area (Å²) in [5.41, 5.74) is 3.26. The van der Waals surface area contributed by atoms with Gasteiger partial charge in [0.15, 0.2) is 5.82 Å². The Morgan fingerprint density at radius 2 is 2.04 bits per heavy atom. The third-order valence-electron chi connectivity index (χ3n) is 4.41. The first-order chi connectivity index (χ1) is 12.7. The Bertz CT molecular complexity index is 707. The fourth-order valence-electron chi connectivity index (χ4n) is 3.05. The van der Waals surface area contributed by atoms with Crippen LogP contribution in [0.1, 0.15) is 26.5 Å². The van der Waals surface area contributed by atoms with E-state index >= 15 is 0 Å². The Hall–Kier alpha value is -1.79. The molecule has 1 saturated heterocycles. The number of aromatic nitrogens is 2. The van der Waals surface area contributed by atoms with Crippen molar-refractivity contribution in [1.82, 2.24) is 9.97 Å². The van der Waals surface area contributed by atoms with Crippen molar-refractivity contribution in [2.24, 2.45) is 0 Å².